The molecule has 0 heterocycles. The standard InChI is InChI=1S/C11H8O3/c1-3-9(12)5-7-11(14)8-6-10(13)4-2/h1-2,9-14H. The molecule has 14 heavy (non-hydrogen) atoms. The van der Waals surface area contributed by atoms with Gasteiger partial charge in [-0.3, -0.25) is 0 Å². The number of rotatable bonds is 0. The molecular weight excluding hydrogens is 180 g/mol. The lowest BCUT2D eigenvalue weighted by molar-refractivity contribution is 0.276. The summed E-state index contributed by atoms with van der Waals surface area (Å²) < 4.78 is 0. The molecule has 0 saturated carbocycles. The lowest BCUT2D eigenvalue weighted by Gasteiger charge is -1.92. The lowest BCUT2D eigenvalue weighted by Crippen LogP contribution is -2.05. The molecule has 0 aromatic rings. The average Bonchev–Trinajstić information content (AvgIpc) is 2.22. The minimum atomic E-state index is -1.29. The maximum Gasteiger partial charge on any atom is 0.176 e. The maximum atomic E-state index is 9.03. The Morgan fingerprint density at radius 2 is 0.929 bits per heavy atom. The summed E-state index contributed by atoms with van der Waals surface area (Å²) in [6.45, 7) is 0. The molecule has 0 aromatic heterocycles. The van der Waals surface area contributed by atoms with Gasteiger partial charge in [0.15, 0.2) is 18.3 Å². The third kappa shape index (κ3) is 5.73. The Morgan fingerprint density at radius 1 is 0.643 bits per heavy atom. The van der Waals surface area contributed by atoms with Crippen LogP contribution in [0.25, 0.3) is 0 Å². The van der Waals surface area contributed by atoms with Gasteiger partial charge in [-0.1, -0.05) is 35.5 Å². The van der Waals surface area contributed by atoms with E-state index in [9.17, 15) is 0 Å². The van der Waals surface area contributed by atoms with Gasteiger partial charge in [0.05, 0.1) is 0 Å². The molecule has 2 unspecified atom stereocenters. The van der Waals surface area contributed by atoms with Gasteiger partial charge in [0.2, 0.25) is 0 Å². The summed E-state index contributed by atoms with van der Waals surface area (Å²) in [6.07, 6.45) is 5.88. The van der Waals surface area contributed by atoms with Crippen molar-refractivity contribution in [2.75, 3.05) is 0 Å². The lowest BCUT2D eigenvalue weighted by atomic mass is 10.3. The Bertz CT molecular complexity index is 337. The second-order valence-corrected chi connectivity index (χ2v) is 2.12. The van der Waals surface area contributed by atoms with Crippen LogP contribution in [-0.4, -0.2) is 33.6 Å². The van der Waals surface area contributed by atoms with E-state index in [4.69, 9.17) is 28.2 Å². The Morgan fingerprint density at radius 3 is 1.21 bits per heavy atom. The van der Waals surface area contributed by atoms with Crippen molar-refractivity contribution in [1.29, 1.82) is 0 Å². The normalized spacial score (nSPS) is 14.1. The molecule has 0 saturated heterocycles. The average molecular weight is 188 g/mol. The topological polar surface area (TPSA) is 60.7 Å². The molecule has 0 bridgehead atoms. The van der Waals surface area contributed by atoms with E-state index >= 15 is 0 Å². The smallest absolute Gasteiger partial charge is 0.176 e. The first-order chi connectivity index (χ1) is 6.60. The van der Waals surface area contributed by atoms with Gasteiger partial charge in [-0.05, 0) is 0 Å². The molecule has 3 nitrogen and oxygen atoms in total. The third-order valence-electron chi connectivity index (χ3n) is 1.03. The fourth-order valence-electron chi connectivity index (χ4n) is 0.435. The first-order valence-corrected chi connectivity index (χ1v) is 3.58. The molecule has 0 radical (unpaired) electrons. The number of aliphatic hydroxyl groups excluding tert-OH is 3. The third-order valence-corrected chi connectivity index (χ3v) is 1.03. The van der Waals surface area contributed by atoms with E-state index in [-0.39, 0.29) is 0 Å². The van der Waals surface area contributed by atoms with Crippen molar-refractivity contribution in [2.45, 2.75) is 18.3 Å². The van der Waals surface area contributed by atoms with Crippen LogP contribution in [0.5, 0.6) is 0 Å². The van der Waals surface area contributed by atoms with Crippen LogP contribution in [-0.2, 0) is 0 Å². The predicted octanol–water partition coefficient (Wildman–Crippen LogP) is -1.66. The number of aliphatic hydroxyl groups is 3. The van der Waals surface area contributed by atoms with Gasteiger partial charge in [-0.2, -0.15) is 0 Å². The van der Waals surface area contributed by atoms with Crippen molar-refractivity contribution in [3.8, 4) is 48.4 Å². The number of hydrogen-bond donors (Lipinski definition) is 3. The second-order valence-electron chi connectivity index (χ2n) is 2.12. The zero-order chi connectivity index (χ0) is 11.0. The van der Waals surface area contributed by atoms with Crippen LogP contribution in [0, 0.1) is 48.4 Å². The summed E-state index contributed by atoms with van der Waals surface area (Å²) >= 11 is 0. The van der Waals surface area contributed by atoms with E-state index in [1.165, 1.54) is 0 Å². The first-order valence-electron chi connectivity index (χ1n) is 3.58. The SMILES string of the molecule is C#CC(O)C#CC(O)C#CC(O)C#C. The van der Waals surface area contributed by atoms with E-state index < -0.39 is 18.3 Å². The van der Waals surface area contributed by atoms with Gasteiger partial charge >= 0.3 is 0 Å². The molecule has 0 amide bonds. The summed E-state index contributed by atoms with van der Waals surface area (Å²) in [5.74, 6) is 12.5. The van der Waals surface area contributed by atoms with Crippen molar-refractivity contribution >= 4 is 0 Å². The second kappa shape index (κ2) is 6.62. The predicted molar refractivity (Wildman–Crippen MR) is 51.2 cm³/mol. The molecule has 3 heteroatoms. The van der Waals surface area contributed by atoms with E-state index in [0.29, 0.717) is 0 Å². The fraction of sp³-hybridized carbons (Fsp3) is 0.273. The largest absolute Gasteiger partial charge is 0.369 e. The molecule has 0 aromatic carbocycles. The summed E-state index contributed by atoms with van der Waals surface area (Å²) in [6, 6.07) is 0. The summed E-state index contributed by atoms with van der Waals surface area (Å²) in [7, 11) is 0. The van der Waals surface area contributed by atoms with Gasteiger partial charge < -0.3 is 15.3 Å². The van der Waals surface area contributed by atoms with Gasteiger partial charge in [0.1, 0.15) is 0 Å². The Balaban J connectivity index is 4.28. The highest BCUT2D eigenvalue weighted by Gasteiger charge is 1.94. The first kappa shape index (κ1) is 12.1. The van der Waals surface area contributed by atoms with Crippen LogP contribution in [0.2, 0.25) is 0 Å². The molecule has 70 valence electrons. The van der Waals surface area contributed by atoms with Crippen LogP contribution in [0.15, 0.2) is 0 Å². The van der Waals surface area contributed by atoms with E-state index in [1.54, 1.807) is 0 Å². The molecule has 0 rings (SSSR count). The maximum absolute atomic E-state index is 9.03. The molecular formula is C11H8O3. The Hall–Kier alpha value is -1.88. The molecule has 0 aliphatic heterocycles. The van der Waals surface area contributed by atoms with Crippen LogP contribution in [0.1, 0.15) is 0 Å². The zero-order valence-corrected chi connectivity index (χ0v) is 7.23. The van der Waals surface area contributed by atoms with Gasteiger partial charge in [-0.25, -0.2) is 0 Å². The quantitative estimate of drug-likeness (QED) is 0.399. The highest BCUT2D eigenvalue weighted by molar-refractivity contribution is 5.27. The van der Waals surface area contributed by atoms with Crippen molar-refractivity contribution < 1.29 is 15.3 Å². The zero-order valence-electron chi connectivity index (χ0n) is 7.23. The molecule has 0 fully saturated rings. The summed E-state index contributed by atoms with van der Waals surface area (Å²) in [5, 5.41) is 26.6. The van der Waals surface area contributed by atoms with Crippen LogP contribution in [0.4, 0.5) is 0 Å². The minimum absolute atomic E-state index is 1.23. The Labute approximate surface area is 82.8 Å². The number of terminal acetylenes is 2. The monoisotopic (exact) mass is 188 g/mol. The summed E-state index contributed by atoms with van der Waals surface area (Å²) in [5.41, 5.74) is 0. The minimum Gasteiger partial charge on any atom is -0.369 e. The molecule has 0 aliphatic carbocycles. The van der Waals surface area contributed by atoms with Crippen LogP contribution in [0.3, 0.4) is 0 Å². The van der Waals surface area contributed by atoms with Gasteiger partial charge in [0.25, 0.3) is 0 Å². The summed E-state index contributed by atoms with van der Waals surface area (Å²) in [4.78, 5) is 0. The highest BCUT2D eigenvalue weighted by Crippen LogP contribution is 1.81. The molecule has 3 N–H and O–H groups in total. The Kier molecular flexibility index (Phi) is 5.73. The van der Waals surface area contributed by atoms with Crippen molar-refractivity contribution in [3.05, 3.63) is 0 Å². The van der Waals surface area contributed by atoms with Crippen molar-refractivity contribution in [3.63, 3.8) is 0 Å². The molecule has 2 atom stereocenters. The van der Waals surface area contributed by atoms with Gasteiger partial charge in [0, 0.05) is 0 Å². The van der Waals surface area contributed by atoms with E-state index in [0.717, 1.165) is 0 Å². The van der Waals surface area contributed by atoms with E-state index in [2.05, 4.69) is 23.7 Å². The van der Waals surface area contributed by atoms with Crippen LogP contribution >= 0.6 is 0 Å². The molecule has 0 spiro atoms. The highest BCUT2D eigenvalue weighted by atomic mass is 16.3. The van der Waals surface area contributed by atoms with Crippen LogP contribution < -0.4 is 0 Å². The van der Waals surface area contributed by atoms with E-state index in [1.807, 2.05) is 11.8 Å². The number of hydrogen-bond acceptors (Lipinski definition) is 3. The fourth-order valence-corrected chi connectivity index (χ4v) is 0.435. The van der Waals surface area contributed by atoms with Crippen molar-refractivity contribution in [2.24, 2.45) is 0 Å². The van der Waals surface area contributed by atoms with Crippen molar-refractivity contribution in [1.82, 2.24) is 0 Å². The van der Waals surface area contributed by atoms with Gasteiger partial charge in [-0.15, -0.1) is 12.8 Å². The molecule has 0 aliphatic rings.